The normalized spacial score (nSPS) is 10.8. The Bertz CT molecular complexity index is 1490. The van der Waals surface area contributed by atoms with Crippen LogP contribution in [0.4, 0.5) is 5.82 Å². The summed E-state index contributed by atoms with van der Waals surface area (Å²) in [5.41, 5.74) is 1.84. The lowest BCUT2D eigenvalue weighted by atomic mass is 10.1. The van der Waals surface area contributed by atoms with Crippen LogP contribution in [0.15, 0.2) is 98.8 Å². The Kier molecular flexibility index (Phi) is 5.45. The Hall–Kier alpha value is -4.24. The zero-order valence-electron chi connectivity index (χ0n) is 17.0. The predicted octanol–water partition coefficient (Wildman–Crippen LogP) is 4.90. The number of furan rings is 1. The summed E-state index contributed by atoms with van der Waals surface area (Å²) in [7, 11) is 0. The van der Waals surface area contributed by atoms with E-state index in [4.69, 9.17) is 4.42 Å². The summed E-state index contributed by atoms with van der Waals surface area (Å²) in [5.74, 6) is 0.640. The van der Waals surface area contributed by atoms with Gasteiger partial charge in [0, 0.05) is 27.7 Å². The van der Waals surface area contributed by atoms with Crippen molar-refractivity contribution >= 4 is 27.7 Å². The molecule has 0 saturated heterocycles. The van der Waals surface area contributed by atoms with Crippen LogP contribution in [-0.4, -0.2) is 25.7 Å². The van der Waals surface area contributed by atoms with E-state index in [1.807, 2.05) is 36.4 Å². The van der Waals surface area contributed by atoms with Crippen LogP contribution in [0.25, 0.3) is 28.7 Å². The van der Waals surface area contributed by atoms with Gasteiger partial charge in [-0.15, -0.1) is 0 Å². The largest absolute Gasteiger partial charge is 0.463 e. The topological polar surface area (TPSA) is 106 Å². The predicted molar refractivity (Wildman–Crippen MR) is 127 cm³/mol. The molecule has 5 aromatic rings. The van der Waals surface area contributed by atoms with E-state index in [1.54, 1.807) is 36.4 Å². The van der Waals surface area contributed by atoms with Crippen LogP contribution in [-0.2, 0) is 0 Å². The number of halogens is 1. The van der Waals surface area contributed by atoms with E-state index in [-0.39, 0.29) is 17.4 Å². The fourth-order valence-corrected chi connectivity index (χ4v) is 3.70. The first-order chi connectivity index (χ1) is 16.1. The lowest BCUT2D eigenvalue weighted by molar-refractivity contribution is 0.102. The van der Waals surface area contributed by atoms with Gasteiger partial charge in [-0.05, 0) is 30.3 Å². The maximum Gasteiger partial charge on any atom is 0.256 e. The first-order valence-electron chi connectivity index (χ1n) is 9.95. The second-order valence-electron chi connectivity index (χ2n) is 7.09. The molecule has 3 heterocycles. The molecule has 3 aromatic heterocycles. The van der Waals surface area contributed by atoms with Crippen molar-refractivity contribution < 1.29 is 9.21 Å². The number of aromatic amines is 1. The van der Waals surface area contributed by atoms with Crippen molar-refractivity contribution in [2.75, 3.05) is 5.32 Å². The molecule has 0 saturated carbocycles. The van der Waals surface area contributed by atoms with Crippen LogP contribution in [0.5, 0.6) is 0 Å². The third-order valence-corrected chi connectivity index (χ3v) is 5.30. The van der Waals surface area contributed by atoms with Gasteiger partial charge in [-0.25, -0.2) is 4.98 Å². The zero-order chi connectivity index (χ0) is 22.8. The summed E-state index contributed by atoms with van der Waals surface area (Å²) in [6.07, 6.45) is 1.53. The van der Waals surface area contributed by atoms with Crippen LogP contribution in [0.2, 0.25) is 0 Å². The number of amides is 1. The van der Waals surface area contributed by atoms with E-state index < -0.39 is 0 Å². The number of aromatic nitrogens is 4. The van der Waals surface area contributed by atoms with Gasteiger partial charge in [-0.3, -0.25) is 14.6 Å². The number of hydrogen-bond acceptors (Lipinski definition) is 5. The van der Waals surface area contributed by atoms with Crippen LogP contribution in [0.1, 0.15) is 10.4 Å². The van der Waals surface area contributed by atoms with Gasteiger partial charge in [0.15, 0.2) is 5.76 Å². The molecule has 0 aliphatic heterocycles. The number of anilines is 1. The van der Waals surface area contributed by atoms with Crippen molar-refractivity contribution in [3.8, 4) is 28.7 Å². The second kappa shape index (κ2) is 8.71. The second-order valence-corrected chi connectivity index (χ2v) is 8.00. The Morgan fingerprint density at radius 3 is 2.58 bits per heavy atom. The fourth-order valence-electron chi connectivity index (χ4n) is 3.30. The number of hydrogen-bond donors (Lipinski definition) is 2. The Balaban J connectivity index is 1.60. The van der Waals surface area contributed by atoms with Crippen molar-refractivity contribution in [3.63, 3.8) is 0 Å². The molecule has 0 unspecified atom stereocenters. The van der Waals surface area contributed by atoms with Gasteiger partial charge in [0.2, 0.25) is 5.95 Å². The number of carbonyl (C=O) groups is 1. The number of H-pyrrole nitrogens is 1. The van der Waals surface area contributed by atoms with Gasteiger partial charge in [-0.2, -0.15) is 9.78 Å². The summed E-state index contributed by atoms with van der Waals surface area (Å²) < 4.78 is 7.61. The number of carbonyl (C=O) groups excluding carboxylic acids is 1. The highest BCUT2D eigenvalue weighted by atomic mass is 79.9. The highest BCUT2D eigenvalue weighted by Gasteiger charge is 2.18. The number of nitrogens with one attached hydrogen (secondary N) is 2. The third kappa shape index (κ3) is 4.39. The number of benzene rings is 2. The number of nitrogens with zero attached hydrogens (tertiary/aromatic N) is 3. The van der Waals surface area contributed by atoms with Gasteiger partial charge >= 0.3 is 0 Å². The lowest BCUT2D eigenvalue weighted by Crippen LogP contribution is -2.18. The van der Waals surface area contributed by atoms with E-state index in [9.17, 15) is 9.59 Å². The average molecular weight is 502 g/mol. The molecule has 1 amide bonds. The summed E-state index contributed by atoms with van der Waals surface area (Å²) in [6.45, 7) is 0. The maximum atomic E-state index is 12.9. The molecule has 33 heavy (non-hydrogen) atoms. The molecule has 0 aliphatic carbocycles. The van der Waals surface area contributed by atoms with Crippen molar-refractivity contribution in [2.24, 2.45) is 0 Å². The van der Waals surface area contributed by atoms with Crippen molar-refractivity contribution in [3.05, 3.63) is 106 Å². The van der Waals surface area contributed by atoms with Gasteiger partial charge in [0.25, 0.3) is 11.5 Å². The minimum atomic E-state index is -0.349. The summed E-state index contributed by atoms with van der Waals surface area (Å²) in [5, 5.41) is 7.38. The van der Waals surface area contributed by atoms with E-state index >= 15 is 0 Å². The Morgan fingerprint density at radius 2 is 1.82 bits per heavy atom. The summed E-state index contributed by atoms with van der Waals surface area (Å²) in [6, 6.07) is 22.9. The van der Waals surface area contributed by atoms with E-state index in [0.29, 0.717) is 28.5 Å². The Labute approximate surface area is 196 Å². The molecule has 0 spiro atoms. The van der Waals surface area contributed by atoms with Crippen molar-refractivity contribution in [2.45, 2.75) is 0 Å². The van der Waals surface area contributed by atoms with Gasteiger partial charge < -0.3 is 9.73 Å². The lowest BCUT2D eigenvalue weighted by Gasteiger charge is -2.09. The summed E-state index contributed by atoms with van der Waals surface area (Å²) >= 11 is 3.38. The van der Waals surface area contributed by atoms with Gasteiger partial charge in [-0.1, -0.05) is 52.3 Å². The van der Waals surface area contributed by atoms with Gasteiger partial charge in [0.05, 0.1) is 12.0 Å². The Morgan fingerprint density at radius 1 is 0.970 bits per heavy atom. The number of rotatable bonds is 5. The highest BCUT2D eigenvalue weighted by Crippen LogP contribution is 2.25. The van der Waals surface area contributed by atoms with E-state index in [2.05, 4.69) is 36.3 Å². The SMILES string of the molecule is O=C(Nc1cc(-c2ccco2)nn1-c1nc(-c2ccccc2)cc(=O)[nH]1)c1cccc(Br)c1. The fraction of sp³-hybridized carbons (Fsp3) is 0. The zero-order valence-corrected chi connectivity index (χ0v) is 18.6. The molecule has 162 valence electrons. The minimum Gasteiger partial charge on any atom is -0.463 e. The van der Waals surface area contributed by atoms with E-state index in [1.165, 1.54) is 17.0 Å². The van der Waals surface area contributed by atoms with Crippen LogP contribution in [0.3, 0.4) is 0 Å². The standard InChI is InChI=1S/C24H16BrN5O3/c25-17-9-4-8-16(12-17)23(32)27-21-13-19(20-10-5-11-33-20)29-30(21)24-26-18(14-22(31)28-24)15-6-2-1-3-7-15/h1-14H,(H,27,32)(H,26,28,31). The molecule has 0 atom stereocenters. The molecule has 0 bridgehead atoms. The molecular formula is C24H16BrN5O3. The average Bonchev–Trinajstić information content (AvgIpc) is 3.49. The van der Waals surface area contributed by atoms with Crippen molar-refractivity contribution in [1.82, 2.24) is 19.7 Å². The smallest absolute Gasteiger partial charge is 0.256 e. The van der Waals surface area contributed by atoms with Crippen LogP contribution < -0.4 is 10.9 Å². The highest BCUT2D eigenvalue weighted by molar-refractivity contribution is 9.10. The summed E-state index contributed by atoms with van der Waals surface area (Å²) in [4.78, 5) is 32.6. The first kappa shape index (κ1) is 20.7. The van der Waals surface area contributed by atoms with Gasteiger partial charge in [0.1, 0.15) is 11.5 Å². The molecule has 8 nitrogen and oxygen atoms in total. The third-order valence-electron chi connectivity index (χ3n) is 4.81. The molecule has 9 heteroatoms. The van der Waals surface area contributed by atoms with Crippen LogP contribution >= 0.6 is 15.9 Å². The molecule has 2 aromatic carbocycles. The molecule has 2 N–H and O–H groups in total. The first-order valence-corrected chi connectivity index (χ1v) is 10.7. The van der Waals surface area contributed by atoms with E-state index in [0.717, 1.165) is 10.0 Å². The van der Waals surface area contributed by atoms with Crippen molar-refractivity contribution in [1.29, 1.82) is 0 Å². The van der Waals surface area contributed by atoms with Crippen LogP contribution in [0, 0.1) is 0 Å². The molecule has 0 radical (unpaired) electrons. The monoisotopic (exact) mass is 501 g/mol. The molecule has 0 aliphatic rings. The molecule has 5 rings (SSSR count). The molecule has 0 fully saturated rings. The quantitative estimate of drug-likeness (QED) is 0.356. The maximum absolute atomic E-state index is 12.9. The molecular weight excluding hydrogens is 486 g/mol. The minimum absolute atomic E-state index is 0.156.